The highest BCUT2D eigenvalue weighted by Gasteiger charge is 1.95. The number of anilines is 1. The lowest BCUT2D eigenvalue weighted by molar-refractivity contribution is 0.948. The van der Waals surface area contributed by atoms with Crippen molar-refractivity contribution in [1.82, 2.24) is 9.97 Å². The zero-order valence-electron chi connectivity index (χ0n) is 8.59. The van der Waals surface area contributed by atoms with Crippen molar-refractivity contribution in [1.29, 1.82) is 5.26 Å². The highest BCUT2D eigenvalue weighted by atomic mass is 15.0. The molecule has 0 fully saturated rings. The predicted octanol–water partition coefficient (Wildman–Crippen LogP) is 1.96. The van der Waals surface area contributed by atoms with E-state index < -0.39 is 0 Å². The smallest absolute Gasteiger partial charge is 0.147 e. The van der Waals surface area contributed by atoms with E-state index in [-0.39, 0.29) is 0 Å². The average molecular weight is 210 g/mol. The van der Waals surface area contributed by atoms with Crippen LogP contribution < -0.4 is 5.32 Å². The van der Waals surface area contributed by atoms with Crippen LogP contribution in [0.25, 0.3) is 0 Å². The second-order valence-electron chi connectivity index (χ2n) is 3.21. The molecule has 1 heterocycles. The first-order valence-corrected chi connectivity index (χ1v) is 4.88. The zero-order valence-corrected chi connectivity index (χ0v) is 8.59. The van der Waals surface area contributed by atoms with Crippen molar-refractivity contribution in [2.75, 3.05) is 5.32 Å². The van der Waals surface area contributed by atoms with Crippen LogP contribution in [0.1, 0.15) is 11.4 Å². The summed E-state index contributed by atoms with van der Waals surface area (Å²) < 4.78 is 0. The fourth-order valence-electron chi connectivity index (χ4n) is 1.26. The van der Waals surface area contributed by atoms with Gasteiger partial charge in [0.15, 0.2) is 0 Å². The van der Waals surface area contributed by atoms with E-state index in [0.717, 1.165) is 11.5 Å². The number of nitrogens with zero attached hydrogens (tertiary/aromatic N) is 3. The molecular weight excluding hydrogens is 200 g/mol. The van der Waals surface area contributed by atoms with E-state index in [0.29, 0.717) is 12.1 Å². The number of hydrogen-bond donors (Lipinski definition) is 1. The Kier molecular flexibility index (Phi) is 3.10. The molecule has 0 unspecified atom stereocenters. The molecule has 78 valence electrons. The summed E-state index contributed by atoms with van der Waals surface area (Å²) in [6, 6.07) is 11.1. The second-order valence-corrected chi connectivity index (χ2v) is 3.21. The first-order valence-electron chi connectivity index (χ1n) is 4.88. The Morgan fingerprint density at radius 2 is 1.81 bits per heavy atom. The molecule has 0 spiro atoms. The minimum atomic E-state index is 0.576. The Morgan fingerprint density at radius 1 is 1.12 bits per heavy atom. The molecule has 0 amide bonds. The first kappa shape index (κ1) is 10.1. The van der Waals surface area contributed by atoms with Gasteiger partial charge in [-0.15, -0.1) is 0 Å². The summed E-state index contributed by atoms with van der Waals surface area (Å²) in [7, 11) is 0. The van der Waals surface area contributed by atoms with Crippen molar-refractivity contribution in [3.05, 3.63) is 54.1 Å². The number of nitriles is 1. The number of nitrogens with one attached hydrogen (secondary N) is 1. The van der Waals surface area contributed by atoms with Crippen molar-refractivity contribution in [3.8, 4) is 6.07 Å². The van der Waals surface area contributed by atoms with E-state index in [4.69, 9.17) is 5.26 Å². The SMILES string of the molecule is N#Cc1ccc(NCc2ncccn2)cc1. The summed E-state index contributed by atoms with van der Waals surface area (Å²) in [6.07, 6.45) is 3.42. The average Bonchev–Trinajstić information content (AvgIpc) is 2.38. The zero-order chi connectivity index (χ0) is 11.2. The van der Waals surface area contributed by atoms with Crippen LogP contribution in [0.4, 0.5) is 5.69 Å². The van der Waals surface area contributed by atoms with E-state index in [1.807, 2.05) is 12.1 Å². The lowest BCUT2D eigenvalue weighted by Crippen LogP contribution is -2.03. The summed E-state index contributed by atoms with van der Waals surface area (Å²) in [5.74, 6) is 0.742. The standard InChI is InChI=1S/C12H10N4/c13-8-10-2-4-11(5-3-10)16-9-12-14-6-1-7-15-12/h1-7,16H,9H2. The molecule has 0 aliphatic rings. The quantitative estimate of drug-likeness (QED) is 0.841. The molecule has 1 N–H and O–H groups in total. The van der Waals surface area contributed by atoms with E-state index in [1.165, 1.54) is 0 Å². The Balaban J connectivity index is 1.98. The number of rotatable bonds is 3. The van der Waals surface area contributed by atoms with Crippen molar-refractivity contribution in [3.63, 3.8) is 0 Å². The predicted molar refractivity (Wildman–Crippen MR) is 60.5 cm³/mol. The molecule has 0 radical (unpaired) electrons. The van der Waals surface area contributed by atoms with Crippen molar-refractivity contribution in [2.45, 2.75) is 6.54 Å². The van der Waals surface area contributed by atoms with Gasteiger partial charge in [-0.3, -0.25) is 0 Å². The fourth-order valence-corrected chi connectivity index (χ4v) is 1.26. The molecular formula is C12H10N4. The van der Waals surface area contributed by atoms with Gasteiger partial charge in [0.1, 0.15) is 5.82 Å². The Morgan fingerprint density at radius 3 is 2.44 bits per heavy atom. The lowest BCUT2D eigenvalue weighted by Gasteiger charge is -2.04. The van der Waals surface area contributed by atoms with Crippen LogP contribution in [-0.4, -0.2) is 9.97 Å². The molecule has 1 aromatic heterocycles. The van der Waals surface area contributed by atoms with Gasteiger partial charge in [0.05, 0.1) is 18.2 Å². The van der Waals surface area contributed by atoms with Crippen molar-refractivity contribution in [2.24, 2.45) is 0 Å². The normalized spacial score (nSPS) is 9.44. The molecule has 0 aliphatic heterocycles. The molecule has 0 saturated carbocycles. The van der Waals surface area contributed by atoms with Gasteiger partial charge >= 0.3 is 0 Å². The topological polar surface area (TPSA) is 61.6 Å². The molecule has 2 aromatic rings. The fraction of sp³-hybridized carbons (Fsp3) is 0.0833. The lowest BCUT2D eigenvalue weighted by atomic mass is 10.2. The van der Waals surface area contributed by atoms with Gasteiger partial charge in [0.2, 0.25) is 0 Å². The molecule has 2 rings (SSSR count). The Labute approximate surface area is 93.6 Å². The Hall–Kier alpha value is -2.41. The van der Waals surface area contributed by atoms with Crippen LogP contribution >= 0.6 is 0 Å². The van der Waals surface area contributed by atoms with Crippen LogP contribution in [0.2, 0.25) is 0 Å². The molecule has 0 saturated heterocycles. The van der Waals surface area contributed by atoms with Crippen LogP contribution in [0.15, 0.2) is 42.7 Å². The molecule has 0 bridgehead atoms. The summed E-state index contributed by atoms with van der Waals surface area (Å²) in [5.41, 5.74) is 1.60. The third-order valence-corrected chi connectivity index (χ3v) is 2.08. The maximum absolute atomic E-state index is 8.65. The van der Waals surface area contributed by atoms with Gasteiger partial charge < -0.3 is 5.32 Å². The molecule has 1 aromatic carbocycles. The summed E-state index contributed by atoms with van der Waals surface area (Å²) in [5, 5.41) is 11.8. The largest absolute Gasteiger partial charge is 0.378 e. The van der Waals surface area contributed by atoms with E-state index in [1.54, 1.807) is 30.6 Å². The van der Waals surface area contributed by atoms with E-state index >= 15 is 0 Å². The van der Waals surface area contributed by atoms with Crippen LogP contribution in [0.3, 0.4) is 0 Å². The monoisotopic (exact) mass is 210 g/mol. The third-order valence-electron chi connectivity index (χ3n) is 2.08. The minimum Gasteiger partial charge on any atom is -0.378 e. The maximum atomic E-state index is 8.65. The molecule has 16 heavy (non-hydrogen) atoms. The number of aromatic nitrogens is 2. The maximum Gasteiger partial charge on any atom is 0.147 e. The van der Waals surface area contributed by atoms with Crippen LogP contribution in [-0.2, 0) is 6.54 Å². The third kappa shape index (κ3) is 2.55. The van der Waals surface area contributed by atoms with Crippen LogP contribution in [0.5, 0.6) is 0 Å². The first-order chi connectivity index (χ1) is 7.88. The summed E-state index contributed by atoms with van der Waals surface area (Å²) in [4.78, 5) is 8.20. The molecule has 0 atom stereocenters. The summed E-state index contributed by atoms with van der Waals surface area (Å²) >= 11 is 0. The number of hydrogen-bond acceptors (Lipinski definition) is 4. The van der Waals surface area contributed by atoms with Gasteiger partial charge in [-0.05, 0) is 30.3 Å². The van der Waals surface area contributed by atoms with Gasteiger partial charge in [-0.25, -0.2) is 9.97 Å². The summed E-state index contributed by atoms with van der Waals surface area (Å²) in [6.45, 7) is 0.576. The highest BCUT2D eigenvalue weighted by molar-refractivity contribution is 5.47. The van der Waals surface area contributed by atoms with Crippen LogP contribution in [0, 0.1) is 11.3 Å². The minimum absolute atomic E-state index is 0.576. The molecule has 0 aliphatic carbocycles. The molecule has 4 nitrogen and oxygen atoms in total. The van der Waals surface area contributed by atoms with E-state index in [2.05, 4.69) is 21.4 Å². The van der Waals surface area contributed by atoms with Crippen molar-refractivity contribution >= 4 is 5.69 Å². The Bertz CT molecular complexity index is 485. The van der Waals surface area contributed by atoms with Gasteiger partial charge in [0, 0.05) is 18.1 Å². The second kappa shape index (κ2) is 4.89. The highest BCUT2D eigenvalue weighted by Crippen LogP contribution is 2.09. The van der Waals surface area contributed by atoms with Gasteiger partial charge in [-0.2, -0.15) is 5.26 Å². The number of benzene rings is 1. The van der Waals surface area contributed by atoms with Crippen molar-refractivity contribution < 1.29 is 0 Å². The van der Waals surface area contributed by atoms with Gasteiger partial charge in [0.25, 0.3) is 0 Å². The van der Waals surface area contributed by atoms with E-state index in [9.17, 15) is 0 Å². The molecule has 4 heteroatoms. The van der Waals surface area contributed by atoms with Gasteiger partial charge in [-0.1, -0.05) is 0 Å².